The molecule has 2 amide bonds. The summed E-state index contributed by atoms with van der Waals surface area (Å²) in [7, 11) is 0. The third-order valence-electron chi connectivity index (χ3n) is 4.11. The van der Waals surface area contributed by atoms with Gasteiger partial charge in [0, 0.05) is 16.8 Å². The number of anilines is 2. The third-order valence-corrected chi connectivity index (χ3v) is 4.11. The quantitative estimate of drug-likeness (QED) is 0.655. The molecule has 0 aliphatic heterocycles. The predicted octanol–water partition coefficient (Wildman–Crippen LogP) is 4.46. The van der Waals surface area contributed by atoms with Crippen LogP contribution in [0.1, 0.15) is 33.2 Å². The SMILES string of the molecule is CCOc1ccc(NC(=O)c2cccc(C(=O)Nc3ccccc3C#N)c2)cc1. The van der Waals surface area contributed by atoms with Crippen molar-refractivity contribution in [3.05, 3.63) is 89.5 Å². The summed E-state index contributed by atoms with van der Waals surface area (Å²) >= 11 is 0. The van der Waals surface area contributed by atoms with Crippen LogP contribution in [0, 0.1) is 11.3 Å². The van der Waals surface area contributed by atoms with E-state index < -0.39 is 5.91 Å². The van der Waals surface area contributed by atoms with Gasteiger partial charge in [0.15, 0.2) is 0 Å². The fourth-order valence-electron chi connectivity index (χ4n) is 2.69. The summed E-state index contributed by atoms with van der Waals surface area (Å²) < 4.78 is 5.38. The van der Waals surface area contributed by atoms with Gasteiger partial charge < -0.3 is 15.4 Å². The van der Waals surface area contributed by atoms with Crippen LogP contribution in [0.15, 0.2) is 72.8 Å². The number of amides is 2. The lowest BCUT2D eigenvalue weighted by molar-refractivity contribution is 0.102. The summed E-state index contributed by atoms with van der Waals surface area (Å²) in [6.07, 6.45) is 0. The number of rotatable bonds is 6. The van der Waals surface area contributed by atoms with Gasteiger partial charge in [0.25, 0.3) is 11.8 Å². The highest BCUT2D eigenvalue weighted by Crippen LogP contribution is 2.18. The topological polar surface area (TPSA) is 91.2 Å². The zero-order valence-corrected chi connectivity index (χ0v) is 15.8. The summed E-state index contributed by atoms with van der Waals surface area (Å²) in [5.74, 6) is -0.00790. The first-order chi connectivity index (χ1) is 14.1. The number of nitrogens with one attached hydrogen (secondary N) is 2. The number of benzene rings is 3. The Hall–Kier alpha value is -4.11. The normalized spacial score (nSPS) is 9.93. The zero-order valence-electron chi connectivity index (χ0n) is 15.8. The lowest BCUT2D eigenvalue weighted by atomic mass is 10.1. The first-order valence-electron chi connectivity index (χ1n) is 9.05. The van der Waals surface area contributed by atoms with Gasteiger partial charge in [-0.3, -0.25) is 9.59 Å². The van der Waals surface area contributed by atoms with Crippen LogP contribution < -0.4 is 15.4 Å². The van der Waals surface area contributed by atoms with Gasteiger partial charge in [-0.15, -0.1) is 0 Å². The number of carbonyl (C=O) groups is 2. The Morgan fingerprint density at radius 1 is 0.897 bits per heavy atom. The molecule has 0 spiro atoms. The number of nitrogens with zero attached hydrogens (tertiary/aromatic N) is 1. The van der Waals surface area contributed by atoms with E-state index >= 15 is 0 Å². The molecule has 29 heavy (non-hydrogen) atoms. The Kier molecular flexibility index (Phi) is 6.23. The van der Waals surface area contributed by atoms with E-state index in [2.05, 4.69) is 10.6 Å². The van der Waals surface area contributed by atoms with Crippen LogP contribution in [0.4, 0.5) is 11.4 Å². The van der Waals surface area contributed by atoms with E-state index in [0.717, 1.165) is 5.75 Å². The van der Waals surface area contributed by atoms with E-state index in [1.165, 1.54) is 6.07 Å². The smallest absolute Gasteiger partial charge is 0.255 e. The molecule has 0 atom stereocenters. The van der Waals surface area contributed by atoms with E-state index in [0.29, 0.717) is 34.7 Å². The van der Waals surface area contributed by atoms with Crippen molar-refractivity contribution in [1.29, 1.82) is 5.26 Å². The maximum atomic E-state index is 12.5. The van der Waals surface area contributed by atoms with E-state index in [1.807, 2.05) is 13.0 Å². The van der Waals surface area contributed by atoms with Gasteiger partial charge >= 0.3 is 0 Å². The van der Waals surface area contributed by atoms with E-state index in [1.54, 1.807) is 66.7 Å². The predicted molar refractivity (Wildman–Crippen MR) is 111 cm³/mol. The van der Waals surface area contributed by atoms with Crippen LogP contribution >= 0.6 is 0 Å². The Morgan fingerprint density at radius 2 is 1.55 bits per heavy atom. The summed E-state index contributed by atoms with van der Waals surface area (Å²) in [4.78, 5) is 25.1. The van der Waals surface area contributed by atoms with Crippen LogP contribution in [-0.4, -0.2) is 18.4 Å². The standard InChI is InChI=1S/C23H19N3O3/c1-2-29-20-12-10-19(11-13-20)25-22(27)16-7-5-8-17(14-16)23(28)26-21-9-4-3-6-18(21)15-24/h3-14H,2H2,1H3,(H,25,27)(H,26,28). The van der Waals surface area contributed by atoms with Crippen molar-refractivity contribution >= 4 is 23.2 Å². The number of nitriles is 1. The summed E-state index contributed by atoms with van der Waals surface area (Å²) in [5.41, 5.74) is 2.07. The van der Waals surface area contributed by atoms with Crippen LogP contribution in [-0.2, 0) is 0 Å². The van der Waals surface area contributed by atoms with Crippen molar-refractivity contribution in [1.82, 2.24) is 0 Å². The third kappa shape index (κ3) is 4.99. The molecule has 0 bridgehead atoms. The minimum atomic E-state index is -0.400. The summed E-state index contributed by atoms with van der Waals surface area (Å²) in [6.45, 7) is 2.47. The van der Waals surface area contributed by atoms with Crippen molar-refractivity contribution in [2.75, 3.05) is 17.2 Å². The molecule has 0 saturated heterocycles. The molecule has 3 aromatic carbocycles. The van der Waals surface area contributed by atoms with Crippen molar-refractivity contribution in [2.45, 2.75) is 6.92 Å². The molecule has 0 aliphatic rings. The van der Waals surface area contributed by atoms with Crippen molar-refractivity contribution < 1.29 is 14.3 Å². The molecule has 0 aromatic heterocycles. The zero-order chi connectivity index (χ0) is 20.6. The Morgan fingerprint density at radius 3 is 2.21 bits per heavy atom. The van der Waals surface area contributed by atoms with Crippen molar-refractivity contribution in [2.24, 2.45) is 0 Å². The maximum Gasteiger partial charge on any atom is 0.255 e. The number of hydrogen-bond donors (Lipinski definition) is 2. The molecule has 3 aromatic rings. The first-order valence-corrected chi connectivity index (χ1v) is 9.05. The van der Waals surface area contributed by atoms with Gasteiger partial charge in [0.05, 0.1) is 17.9 Å². The molecule has 2 N–H and O–H groups in total. The molecule has 0 saturated carbocycles. The molecule has 0 radical (unpaired) electrons. The lowest BCUT2D eigenvalue weighted by Gasteiger charge is -2.09. The van der Waals surface area contributed by atoms with Gasteiger partial charge in [-0.1, -0.05) is 18.2 Å². The Bertz CT molecular complexity index is 1070. The Balaban J connectivity index is 1.72. The second-order valence-electron chi connectivity index (χ2n) is 6.10. The van der Waals surface area contributed by atoms with Crippen LogP contribution in [0.3, 0.4) is 0 Å². The maximum absolute atomic E-state index is 12.5. The van der Waals surface area contributed by atoms with Crippen LogP contribution in [0.2, 0.25) is 0 Å². The van der Waals surface area contributed by atoms with E-state index in [9.17, 15) is 9.59 Å². The molecule has 0 unspecified atom stereocenters. The molecule has 3 rings (SSSR count). The van der Waals surface area contributed by atoms with Gasteiger partial charge in [-0.2, -0.15) is 5.26 Å². The molecular weight excluding hydrogens is 366 g/mol. The number of hydrogen-bond acceptors (Lipinski definition) is 4. The number of ether oxygens (including phenoxy) is 1. The second-order valence-corrected chi connectivity index (χ2v) is 6.10. The molecule has 144 valence electrons. The highest BCUT2D eigenvalue weighted by atomic mass is 16.5. The molecule has 0 fully saturated rings. The molecular formula is C23H19N3O3. The van der Waals surface area contributed by atoms with E-state index in [4.69, 9.17) is 10.00 Å². The highest BCUT2D eigenvalue weighted by molar-refractivity contribution is 6.09. The number of para-hydroxylation sites is 1. The number of carbonyl (C=O) groups excluding carboxylic acids is 2. The van der Waals surface area contributed by atoms with Gasteiger partial charge in [0.2, 0.25) is 0 Å². The van der Waals surface area contributed by atoms with Crippen LogP contribution in [0.25, 0.3) is 0 Å². The first kappa shape index (κ1) is 19.6. The molecule has 0 aliphatic carbocycles. The fourth-order valence-corrected chi connectivity index (χ4v) is 2.69. The summed E-state index contributed by atoms with van der Waals surface area (Å²) in [6, 6.07) is 22.2. The Labute approximate surface area is 168 Å². The molecule has 0 heterocycles. The monoisotopic (exact) mass is 385 g/mol. The average Bonchev–Trinajstić information content (AvgIpc) is 2.75. The minimum Gasteiger partial charge on any atom is -0.494 e. The average molecular weight is 385 g/mol. The molecule has 6 nitrogen and oxygen atoms in total. The van der Waals surface area contributed by atoms with Gasteiger partial charge in [-0.25, -0.2) is 0 Å². The lowest BCUT2D eigenvalue weighted by Crippen LogP contribution is -2.16. The fraction of sp³-hybridized carbons (Fsp3) is 0.0870. The van der Waals surface area contributed by atoms with Crippen molar-refractivity contribution in [3.63, 3.8) is 0 Å². The van der Waals surface area contributed by atoms with Crippen LogP contribution in [0.5, 0.6) is 5.75 Å². The van der Waals surface area contributed by atoms with Gasteiger partial charge in [0.1, 0.15) is 11.8 Å². The van der Waals surface area contributed by atoms with Gasteiger partial charge in [-0.05, 0) is 61.5 Å². The molecule has 6 heteroatoms. The van der Waals surface area contributed by atoms with Crippen molar-refractivity contribution in [3.8, 4) is 11.8 Å². The van der Waals surface area contributed by atoms with E-state index in [-0.39, 0.29) is 5.91 Å². The second kappa shape index (κ2) is 9.20. The highest BCUT2D eigenvalue weighted by Gasteiger charge is 2.12. The largest absolute Gasteiger partial charge is 0.494 e. The minimum absolute atomic E-state index is 0.317. The summed E-state index contributed by atoms with van der Waals surface area (Å²) in [5, 5.41) is 14.6.